The van der Waals surface area contributed by atoms with Crippen LogP contribution < -0.4 is 14.9 Å². The summed E-state index contributed by atoms with van der Waals surface area (Å²) in [6, 6.07) is 24.3. The lowest BCUT2D eigenvalue weighted by molar-refractivity contribution is -0.138. The number of carbonyl (C=O) groups excluding carboxylic acids is 2. The van der Waals surface area contributed by atoms with Gasteiger partial charge in [0.25, 0.3) is 5.56 Å². The zero-order valence-corrected chi connectivity index (χ0v) is 25.2. The zero-order chi connectivity index (χ0) is 31.5. The number of benzene rings is 3. The highest BCUT2D eigenvalue weighted by Crippen LogP contribution is 2.35. The van der Waals surface area contributed by atoms with Crippen LogP contribution in [-0.2, 0) is 14.3 Å². The average molecular weight is 623 g/mol. The first-order valence-electron chi connectivity index (χ1n) is 14.3. The Morgan fingerprint density at radius 3 is 2.27 bits per heavy atom. The molecule has 8 nitrogen and oxygen atoms in total. The molecule has 3 aromatic carbocycles. The topological polar surface area (TPSA) is 100 Å². The van der Waals surface area contributed by atoms with Gasteiger partial charge in [0.1, 0.15) is 17.3 Å². The fourth-order valence-electron chi connectivity index (χ4n) is 5.10. The number of ether oxygens (including phenoxy) is 2. The molecular weight excluding hydrogens is 595 g/mol. The van der Waals surface area contributed by atoms with Gasteiger partial charge in [-0.05, 0) is 55.8 Å². The summed E-state index contributed by atoms with van der Waals surface area (Å²) < 4.78 is 32.3. The predicted molar refractivity (Wildman–Crippen MR) is 168 cm³/mol. The predicted octanol–water partition coefficient (Wildman–Crippen LogP) is 5.51. The van der Waals surface area contributed by atoms with E-state index in [0.29, 0.717) is 43.2 Å². The number of rotatable bonds is 8. The molecule has 1 aliphatic heterocycles. The van der Waals surface area contributed by atoms with E-state index in [2.05, 4.69) is 0 Å². The largest absolute Gasteiger partial charge is 0.463 e. The summed E-state index contributed by atoms with van der Waals surface area (Å²) in [5, 5.41) is 0. The first kappa shape index (κ1) is 29.7. The number of carbonyl (C=O) groups is 2. The molecular formula is C35H27FN2O6S. The van der Waals surface area contributed by atoms with Crippen molar-refractivity contribution in [3.05, 3.63) is 145 Å². The number of hydrogen-bond acceptors (Lipinski definition) is 8. The van der Waals surface area contributed by atoms with E-state index in [1.807, 2.05) is 30.3 Å². The van der Waals surface area contributed by atoms with E-state index < -0.39 is 29.4 Å². The molecule has 45 heavy (non-hydrogen) atoms. The summed E-state index contributed by atoms with van der Waals surface area (Å²) in [5.74, 6) is -0.491. The molecule has 5 aromatic rings. The average Bonchev–Trinajstić information content (AvgIpc) is 3.65. The fourth-order valence-corrected chi connectivity index (χ4v) is 6.08. The molecule has 1 aliphatic rings. The second-order valence-corrected chi connectivity index (χ2v) is 11.0. The third-order valence-electron chi connectivity index (χ3n) is 7.14. The van der Waals surface area contributed by atoms with Gasteiger partial charge >= 0.3 is 11.9 Å². The maximum absolute atomic E-state index is 14.0. The quantitative estimate of drug-likeness (QED) is 0.212. The Morgan fingerprint density at radius 1 is 0.889 bits per heavy atom. The second kappa shape index (κ2) is 12.7. The van der Waals surface area contributed by atoms with Crippen molar-refractivity contribution in [2.24, 2.45) is 4.99 Å². The molecule has 10 heteroatoms. The number of thiazole rings is 1. The second-order valence-electron chi connectivity index (χ2n) is 9.98. The van der Waals surface area contributed by atoms with Gasteiger partial charge in [0.05, 0.1) is 40.6 Å². The summed E-state index contributed by atoms with van der Waals surface area (Å²) in [5.41, 5.74) is 2.55. The zero-order valence-electron chi connectivity index (χ0n) is 24.4. The summed E-state index contributed by atoms with van der Waals surface area (Å²) in [4.78, 5) is 44.7. The highest BCUT2D eigenvalue weighted by molar-refractivity contribution is 7.07. The molecule has 0 N–H and O–H groups in total. The number of hydrogen-bond donors (Lipinski definition) is 0. The Morgan fingerprint density at radius 2 is 1.58 bits per heavy atom. The highest BCUT2D eigenvalue weighted by atomic mass is 32.1. The minimum Gasteiger partial charge on any atom is -0.463 e. The van der Waals surface area contributed by atoms with Crippen LogP contribution in [0.5, 0.6) is 0 Å². The van der Waals surface area contributed by atoms with Crippen LogP contribution in [0.4, 0.5) is 4.39 Å². The number of fused-ring (bicyclic) bond motifs is 1. The van der Waals surface area contributed by atoms with Crippen LogP contribution in [-0.4, -0.2) is 29.7 Å². The lowest BCUT2D eigenvalue weighted by Crippen LogP contribution is -2.40. The van der Waals surface area contributed by atoms with Crippen LogP contribution in [0.3, 0.4) is 0 Å². The molecule has 0 amide bonds. The number of nitrogens with zero attached hydrogens (tertiary/aromatic N) is 2. The molecule has 0 spiro atoms. The van der Waals surface area contributed by atoms with Gasteiger partial charge in [0, 0.05) is 17.2 Å². The summed E-state index contributed by atoms with van der Waals surface area (Å²) in [6.45, 7) is 3.86. The number of esters is 2. The Kier molecular flexibility index (Phi) is 8.39. The van der Waals surface area contributed by atoms with Crippen molar-refractivity contribution < 1.29 is 27.9 Å². The molecule has 6 rings (SSSR count). The van der Waals surface area contributed by atoms with Crippen LogP contribution in [0, 0.1) is 5.82 Å². The highest BCUT2D eigenvalue weighted by Gasteiger charge is 2.35. The third kappa shape index (κ3) is 5.92. The fraction of sp³-hybridized carbons (Fsp3) is 0.143. The van der Waals surface area contributed by atoms with Gasteiger partial charge in [-0.2, -0.15) is 0 Å². The molecule has 226 valence electrons. The molecule has 1 atom stereocenters. The molecule has 2 aromatic heterocycles. The maximum Gasteiger partial charge on any atom is 0.338 e. The number of furan rings is 1. The third-order valence-corrected chi connectivity index (χ3v) is 8.12. The van der Waals surface area contributed by atoms with Crippen molar-refractivity contribution in [1.82, 2.24) is 4.57 Å². The Hall–Kier alpha value is -5.35. The van der Waals surface area contributed by atoms with Gasteiger partial charge in [-0.1, -0.05) is 65.9 Å². The Bertz CT molecular complexity index is 2090. The van der Waals surface area contributed by atoms with E-state index in [1.165, 1.54) is 16.7 Å². The van der Waals surface area contributed by atoms with Crippen LogP contribution >= 0.6 is 11.3 Å². The van der Waals surface area contributed by atoms with Gasteiger partial charge in [0.2, 0.25) is 0 Å². The van der Waals surface area contributed by atoms with Crippen molar-refractivity contribution in [2.45, 2.75) is 19.9 Å². The van der Waals surface area contributed by atoms with Crippen LogP contribution in [0.1, 0.15) is 47.1 Å². The summed E-state index contributed by atoms with van der Waals surface area (Å²) in [6.07, 6.45) is 1.62. The minimum absolute atomic E-state index is 0.122. The molecule has 0 radical (unpaired) electrons. The van der Waals surface area contributed by atoms with Crippen molar-refractivity contribution in [3.8, 4) is 11.3 Å². The Balaban J connectivity index is 1.47. The van der Waals surface area contributed by atoms with Crippen molar-refractivity contribution in [3.63, 3.8) is 0 Å². The van der Waals surface area contributed by atoms with E-state index in [-0.39, 0.29) is 18.8 Å². The van der Waals surface area contributed by atoms with Crippen LogP contribution in [0.15, 0.2) is 111 Å². The van der Waals surface area contributed by atoms with Gasteiger partial charge in [0.15, 0.2) is 4.80 Å². The normalized spacial score (nSPS) is 14.6. The van der Waals surface area contributed by atoms with Gasteiger partial charge < -0.3 is 13.9 Å². The van der Waals surface area contributed by atoms with E-state index in [4.69, 9.17) is 18.9 Å². The van der Waals surface area contributed by atoms with Crippen molar-refractivity contribution in [1.29, 1.82) is 0 Å². The van der Waals surface area contributed by atoms with E-state index in [0.717, 1.165) is 16.9 Å². The molecule has 0 aliphatic carbocycles. The number of halogens is 1. The van der Waals surface area contributed by atoms with E-state index in [9.17, 15) is 18.8 Å². The molecule has 0 saturated carbocycles. The van der Waals surface area contributed by atoms with E-state index in [1.54, 1.807) is 68.5 Å². The van der Waals surface area contributed by atoms with Crippen molar-refractivity contribution >= 4 is 35.0 Å². The number of aromatic nitrogens is 1. The first-order chi connectivity index (χ1) is 21.9. The first-order valence-corrected chi connectivity index (χ1v) is 15.1. The Labute approximate surface area is 261 Å². The lowest BCUT2D eigenvalue weighted by atomic mass is 9.93. The summed E-state index contributed by atoms with van der Waals surface area (Å²) >= 11 is 1.16. The molecule has 3 heterocycles. The van der Waals surface area contributed by atoms with Crippen LogP contribution in [0.2, 0.25) is 0 Å². The maximum atomic E-state index is 14.0. The monoisotopic (exact) mass is 622 g/mol. The van der Waals surface area contributed by atoms with Gasteiger partial charge in [-0.15, -0.1) is 0 Å². The van der Waals surface area contributed by atoms with Gasteiger partial charge in [-0.25, -0.2) is 19.0 Å². The SMILES string of the molecule is CCOC(=O)C1=C(c2ccccc2)N=c2s/c(=C\c3ccc(-c4ccc(C(=O)OCC)cc4)o3)c(=O)n2[C@@H]1c1ccc(F)cc1. The standard InChI is InChI=1S/C35H27FN2O6S/c1-3-42-33(40)24-12-10-21(11-13-24)27-19-18-26(44-27)20-28-32(39)38-31(23-14-16-25(36)17-15-23)29(34(41)43-4-2)30(37-35(38)45-28)22-8-6-5-7-9-22/h5-20,31H,3-4H2,1-2H3/b28-20-/t31-/m1/s1. The van der Waals surface area contributed by atoms with Crippen LogP contribution in [0.25, 0.3) is 23.1 Å². The summed E-state index contributed by atoms with van der Waals surface area (Å²) in [7, 11) is 0. The molecule has 0 unspecified atom stereocenters. The molecule has 0 saturated heterocycles. The van der Waals surface area contributed by atoms with Crippen molar-refractivity contribution in [2.75, 3.05) is 13.2 Å². The molecule has 0 fully saturated rings. The minimum atomic E-state index is -0.914. The van der Waals surface area contributed by atoms with E-state index >= 15 is 0 Å². The molecule has 0 bridgehead atoms. The van der Waals surface area contributed by atoms with Gasteiger partial charge in [-0.3, -0.25) is 9.36 Å². The smallest absolute Gasteiger partial charge is 0.338 e. The lowest BCUT2D eigenvalue weighted by Gasteiger charge is -2.25.